The van der Waals surface area contributed by atoms with Gasteiger partial charge in [-0.2, -0.15) is 0 Å². The Kier molecular flexibility index (Phi) is 9.45. The third-order valence-corrected chi connectivity index (χ3v) is 7.61. The Morgan fingerprint density at radius 1 is 0.975 bits per heavy atom. The summed E-state index contributed by atoms with van der Waals surface area (Å²) in [6, 6.07) is 11.4. The Hall–Kier alpha value is -3.26. The highest BCUT2D eigenvalue weighted by Gasteiger charge is 2.59. The standard InChI is InChI=1S/C32H46N2O6/c1-19(2)40-30(37)34-27(22-13-11-12-14-23(22)38-9)26(25(32(6,7)8)28(34)29(35)36)33-18-20-15-16-21(31(3,4)5)17-24(20)39-10/h11-17,19,25-28,33H,18H2,1-10H3,(H,35,36)/t25-,26-,27-,28-/m0/s1. The summed E-state index contributed by atoms with van der Waals surface area (Å²) in [5.74, 6) is -0.200. The van der Waals surface area contributed by atoms with Crippen LogP contribution < -0.4 is 14.8 Å². The zero-order valence-corrected chi connectivity index (χ0v) is 25.6. The first kappa shape index (κ1) is 31.3. The van der Waals surface area contributed by atoms with Gasteiger partial charge in [-0.25, -0.2) is 9.59 Å². The fourth-order valence-electron chi connectivity index (χ4n) is 5.76. The molecule has 4 atom stereocenters. The number of carbonyl (C=O) groups is 2. The second-order valence-electron chi connectivity index (χ2n) is 12.9. The molecule has 0 aromatic heterocycles. The van der Waals surface area contributed by atoms with Gasteiger partial charge in [-0.05, 0) is 42.4 Å². The largest absolute Gasteiger partial charge is 0.496 e. The van der Waals surface area contributed by atoms with Crippen LogP contribution in [0.5, 0.6) is 11.5 Å². The molecule has 0 unspecified atom stereocenters. The molecule has 1 amide bonds. The van der Waals surface area contributed by atoms with E-state index >= 15 is 0 Å². The number of carbonyl (C=O) groups excluding carboxylic acids is 1. The Balaban J connectivity index is 2.17. The Morgan fingerprint density at radius 3 is 2.12 bits per heavy atom. The molecule has 0 bridgehead atoms. The molecular formula is C32H46N2O6. The van der Waals surface area contributed by atoms with Gasteiger partial charge in [0, 0.05) is 29.6 Å². The van der Waals surface area contributed by atoms with Crippen LogP contribution >= 0.6 is 0 Å². The van der Waals surface area contributed by atoms with E-state index in [4.69, 9.17) is 14.2 Å². The van der Waals surface area contributed by atoms with E-state index in [1.165, 1.54) is 4.90 Å². The first-order valence-corrected chi connectivity index (χ1v) is 13.9. The number of rotatable bonds is 8. The summed E-state index contributed by atoms with van der Waals surface area (Å²) in [4.78, 5) is 27.9. The van der Waals surface area contributed by atoms with Gasteiger partial charge in [-0.1, -0.05) is 71.9 Å². The van der Waals surface area contributed by atoms with Crippen molar-refractivity contribution in [3.63, 3.8) is 0 Å². The highest BCUT2D eigenvalue weighted by Crippen LogP contribution is 2.50. The fourth-order valence-corrected chi connectivity index (χ4v) is 5.76. The quantitative estimate of drug-likeness (QED) is 0.402. The van der Waals surface area contributed by atoms with Crippen molar-refractivity contribution in [2.24, 2.45) is 11.3 Å². The maximum atomic E-state index is 13.6. The van der Waals surface area contributed by atoms with Crippen molar-refractivity contribution in [3.05, 3.63) is 59.2 Å². The van der Waals surface area contributed by atoms with Gasteiger partial charge in [0.2, 0.25) is 0 Å². The number of para-hydroxylation sites is 1. The van der Waals surface area contributed by atoms with Crippen molar-refractivity contribution in [2.75, 3.05) is 14.2 Å². The van der Waals surface area contributed by atoms with Crippen LogP contribution in [0, 0.1) is 11.3 Å². The third-order valence-electron chi connectivity index (χ3n) is 7.61. The average Bonchev–Trinajstić information content (AvgIpc) is 3.22. The SMILES string of the molecule is COc1cc(C(C)(C)C)ccc1CN[C@H]1[C@H](C(C)(C)C)[C@@H](C(=O)O)N(C(=O)OC(C)C)[C@H]1c1ccccc1OC. The van der Waals surface area contributed by atoms with Gasteiger partial charge in [-0.3, -0.25) is 4.90 Å². The summed E-state index contributed by atoms with van der Waals surface area (Å²) in [6.45, 7) is 16.4. The molecule has 0 spiro atoms. The number of carboxylic acids is 1. The molecule has 2 aromatic carbocycles. The monoisotopic (exact) mass is 554 g/mol. The number of benzene rings is 2. The number of amides is 1. The number of carboxylic acid groups (broad SMARTS) is 1. The second kappa shape index (κ2) is 12.1. The lowest BCUT2D eigenvalue weighted by molar-refractivity contribution is -0.144. The highest BCUT2D eigenvalue weighted by atomic mass is 16.6. The van der Waals surface area contributed by atoms with Gasteiger partial charge in [0.1, 0.15) is 17.5 Å². The number of hydrogen-bond acceptors (Lipinski definition) is 6. The van der Waals surface area contributed by atoms with Crippen molar-refractivity contribution in [1.82, 2.24) is 10.2 Å². The molecule has 1 aliphatic heterocycles. The molecule has 8 nitrogen and oxygen atoms in total. The van der Waals surface area contributed by atoms with Gasteiger partial charge in [0.15, 0.2) is 0 Å². The van der Waals surface area contributed by atoms with E-state index in [-0.39, 0.29) is 5.41 Å². The molecule has 2 aromatic rings. The molecule has 0 aliphatic carbocycles. The molecule has 2 N–H and O–H groups in total. The van der Waals surface area contributed by atoms with E-state index < -0.39 is 47.6 Å². The van der Waals surface area contributed by atoms with Crippen LogP contribution in [0.4, 0.5) is 4.79 Å². The third kappa shape index (κ3) is 6.54. The average molecular weight is 555 g/mol. The summed E-state index contributed by atoms with van der Waals surface area (Å²) in [5, 5.41) is 14.2. The van der Waals surface area contributed by atoms with Crippen LogP contribution in [0.2, 0.25) is 0 Å². The van der Waals surface area contributed by atoms with Crippen molar-refractivity contribution in [1.29, 1.82) is 0 Å². The van der Waals surface area contributed by atoms with Gasteiger partial charge in [-0.15, -0.1) is 0 Å². The maximum absolute atomic E-state index is 13.6. The first-order chi connectivity index (χ1) is 18.6. The zero-order chi connectivity index (χ0) is 30.0. The molecule has 3 rings (SSSR count). The van der Waals surface area contributed by atoms with E-state index in [0.29, 0.717) is 12.3 Å². The smallest absolute Gasteiger partial charge is 0.411 e. The minimum absolute atomic E-state index is 0.0387. The minimum atomic E-state index is -1.12. The van der Waals surface area contributed by atoms with Crippen LogP contribution in [0.15, 0.2) is 42.5 Å². The number of nitrogens with zero attached hydrogens (tertiary/aromatic N) is 1. The Bertz CT molecular complexity index is 1200. The summed E-state index contributed by atoms with van der Waals surface area (Å²) in [6.07, 6.45) is -1.07. The molecule has 0 radical (unpaired) electrons. The molecule has 1 saturated heterocycles. The van der Waals surface area contributed by atoms with Gasteiger partial charge >= 0.3 is 12.1 Å². The summed E-state index contributed by atoms with van der Waals surface area (Å²) in [5.41, 5.74) is 2.30. The van der Waals surface area contributed by atoms with Gasteiger partial charge < -0.3 is 24.6 Å². The number of ether oxygens (including phenoxy) is 3. The van der Waals surface area contributed by atoms with E-state index in [9.17, 15) is 14.7 Å². The molecule has 220 valence electrons. The number of hydrogen-bond donors (Lipinski definition) is 2. The number of likely N-dealkylation sites (tertiary alicyclic amines) is 1. The van der Waals surface area contributed by atoms with E-state index in [0.717, 1.165) is 22.4 Å². The Labute approximate surface area is 239 Å². The van der Waals surface area contributed by atoms with Crippen LogP contribution in [-0.4, -0.2) is 54.5 Å². The molecule has 1 fully saturated rings. The topological polar surface area (TPSA) is 97.3 Å². The maximum Gasteiger partial charge on any atom is 0.411 e. The van der Waals surface area contributed by atoms with Gasteiger partial charge in [0.25, 0.3) is 0 Å². The zero-order valence-electron chi connectivity index (χ0n) is 25.6. The minimum Gasteiger partial charge on any atom is -0.496 e. The number of methoxy groups -OCH3 is 2. The lowest BCUT2D eigenvalue weighted by atomic mass is 9.72. The highest BCUT2D eigenvalue weighted by molar-refractivity contribution is 5.82. The van der Waals surface area contributed by atoms with Crippen LogP contribution in [0.1, 0.15) is 78.1 Å². The molecule has 1 heterocycles. The summed E-state index contributed by atoms with van der Waals surface area (Å²) >= 11 is 0. The van der Waals surface area contributed by atoms with Gasteiger partial charge in [0.05, 0.1) is 26.4 Å². The predicted molar refractivity (Wildman–Crippen MR) is 156 cm³/mol. The second-order valence-corrected chi connectivity index (χ2v) is 12.9. The van der Waals surface area contributed by atoms with Crippen molar-refractivity contribution in [3.8, 4) is 11.5 Å². The van der Waals surface area contributed by atoms with E-state index in [2.05, 4.69) is 38.2 Å². The lowest BCUT2D eigenvalue weighted by Gasteiger charge is -2.35. The van der Waals surface area contributed by atoms with E-state index in [1.54, 1.807) is 28.1 Å². The molecule has 40 heavy (non-hydrogen) atoms. The molecule has 8 heteroatoms. The summed E-state index contributed by atoms with van der Waals surface area (Å²) < 4.78 is 17.1. The molecular weight excluding hydrogens is 508 g/mol. The predicted octanol–water partition coefficient (Wildman–Crippen LogP) is 6.18. The van der Waals surface area contributed by atoms with Crippen LogP contribution in [-0.2, 0) is 21.5 Å². The lowest BCUT2D eigenvalue weighted by Crippen LogP contribution is -2.48. The molecule has 1 aliphatic rings. The van der Waals surface area contributed by atoms with Crippen molar-refractivity contribution >= 4 is 12.1 Å². The van der Waals surface area contributed by atoms with Crippen molar-refractivity contribution in [2.45, 2.75) is 91.6 Å². The number of nitrogens with one attached hydrogen (secondary N) is 1. The normalized spacial score (nSPS) is 21.4. The van der Waals surface area contributed by atoms with Crippen molar-refractivity contribution < 1.29 is 28.9 Å². The van der Waals surface area contributed by atoms with E-state index in [1.807, 2.05) is 51.1 Å². The summed E-state index contributed by atoms with van der Waals surface area (Å²) in [7, 11) is 3.23. The molecule has 0 saturated carbocycles. The number of aliphatic carboxylic acids is 1. The van der Waals surface area contributed by atoms with Crippen LogP contribution in [0.25, 0.3) is 0 Å². The van der Waals surface area contributed by atoms with Crippen LogP contribution in [0.3, 0.4) is 0 Å². The fraction of sp³-hybridized carbons (Fsp3) is 0.562. The first-order valence-electron chi connectivity index (χ1n) is 13.9. The Morgan fingerprint density at radius 2 is 1.60 bits per heavy atom.